The van der Waals surface area contributed by atoms with Crippen LogP contribution in [-0.2, 0) is 39.0 Å². The van der Waals surface area contributed by atoms with Gasteiger partial charge in [0.05, 0.1) is 23.9 Å². The van der Waals surface area contributed by atoms with Gasteiger partial charge in [0.25, 0.3) is 5.95 Å². The lowest BCUT2D eigenvalue weighted by atomic mass is 10.00. The fraction of sp³-hybridized carbons (Fsp3) is 0.571. The molecule has 13 heteroatoms. The molecule has 2 heterocycles. The van der Waals surface area contributed by atoms with Gasteiger partial charge in [-0.3, -0.25) is 9.88 Å². The van der Waals surface area contributed by atoms with Crippen LogP contribution in [0.2, 0.25) is 0 Å². The predicted octanol–water partition coefficient (Wildman–Crippen LogP) is 6.41. The molecule has 2 aliphatic carbocycles. The SMILES string of the molecule is Cc1cc(CN(Cc2cc(C(F)(F)F)cc(C(F)(F)F)c2)c2nnn(C)n2)c(CN(C2CC2)C2CC2)nc1C(C)C. The molecule has 41 heavy (non-hydrogen) atoms. The van der Waals surface area contributed by atoms with Crippen LogP contribution < -0.4 is 4.90 Å². The van der Waals surface area contributed by atoms with Gasteiger partial charge in [-0.15, -0.1) is 5.10 Å². The molecular weight excluding hydrogens is 548 g/mol. The summed E-state index contributed by atoms with van der Waals surface area (Å²) in [5, 5.41) is 12.1. The van der Waals surface area contributed by atoms with E-state index in [-0.39, 0.29) is 36.6 Å². The lowest BCUT2D eigenvalue weighted by Crippen LogP contribution is -2.30. The highest BCUT2D eigenvalue weighted by Gasteiger charge is 2.40. The van der Waals surface area contributed by atoms with Crippen LogP contribution in [-0.4, -0.2) is 42.2 Å². The third-order valence-electron chi connectivity index (χ3n) is 7.49. The van der Waals surface area contributed by atoms with E-state index in [1.165, 1.54) is 4.80 Å². The average molecular weight is 582 g/mol. The summed E-state index contributed by atoms with van der Waals surface area (Å²) >= 11 is 0. The van der Waals surface area contributed by atoms with Crippen molar-refractivity contribution in [3.63, 3.8) is 0 Å². The van der Waals surface area contributed by atoms with E-state index in [1.807, 2.05) is 13.0 Å². The largest absolute Gasteiger partial charge is 0.416 e. The van der Waals surface area contributed by atoms with Crippen LogP contribution in [0.15, 0.2) is 24.3 Å². The number of benzene rings is 1. The van der Waals surface area contributed by atoms with Gasteiger partial charge >= 0.3 is 12.4 Å². The molecule has 0 saturated heterocycles. The maximum atomic E-state index is 13.6. The van der Waals surface area contributed by atoms with Gasteiger partial charge in [0.1, 0.15) is 0 Å². The van der Waals surface area contributed by atoms with Gasteiger partial charge in [-0.25, -0.2) is 0 Å². The van der Waals surface area contributed by atoms with Crippen LogP contribution in [0.5, 0.6) is 0 Å². The molecule has 2 saturated carbocycles. The maximum absolute atomic E-state index is 13.6. The second kappa shape index (κ2) is 10.9. The molecule has 2 aromatic heterocycles. The standard InChI is InChI=1S/C28H33F6N7/c1-16(2)25-17(3)9-19(24(35-25)15-41(22-5-6-22)23-7-8-23)14-40(26-36-38-39(4)37-26)13-18-10-20(27(29,30)31)12-21(11-18)28(32,33)34/h9-12,16,22-23H,5-8,13-15H2,1-4H3. The molecule has 0 unspecified atom stereocenters. The topological polar surface area (TPSA) is 63.0 Å². The van der Waals surface area contributed by atoms with Gasteiger partial charge in [-0.1, -0.05) is 25.0 Å². The molecule has 7 nitrogen and oxygen atoms in total. The lowest BCUT2D eigenvalue weighted by molar-refractivity contribution is -0.143. The van der Waals surface area contributed by atoms with Gasteiger partial charge in [0, 0.05) is 37.4 Å². The van der Waals surface area contributed by atoms with Crippen molar-refractivity contribution in [3.8, 4) is 0 Å². The molecular formula is C28H33F6N7. The molecule has 2 fully saturated rings. The molecule has 0 amide bonds. The molecule has 0 atom stereocenters. The van der Waals surface area contributed by atoms with E-state index in [1.54, 1.807) is 11.9 Å². The molecule has 222 valence electrons. The van der Waals surface area contributed by atoms with Crippen molar-refractivity contribution in [2.45, 2.75) is 96.4 Å². The average Bonchev–Trinajstić information content (AvgIpc) is 3.80. The van der Waals surface area contributed by atoms with Crippen LogP contribution in [0.3, 0.4) is 0 Å². The van der Waals surface area contributed by atoms with Crippen molar-refractivity contribution in [1.29, 1.82) is 0 Å². The first-order chi connectivity index (χ1) is 19.2. The van der Waals surface area contributed by atoms with E-state index < -0.39 is 23.5 Å². The first kappa shape index (κ1) is 29.3. The van der Waals surface area contributed by atoms with Crippen molar-refractivity contribution >= 4 is 5.95 Å². The van der Waals surface area contributed by atoms with Crippen molar-refractivity contribution in [1.82, 2.24) is 30.1 Å². The predicted molar refractivity (Wildman–Crippen MR) is 140 cm³/mol. The summed E-state index contributed by atoms with van der Waals surface area (Å²) in [5.74, 6) is 0.276. The van der Waals surface area contributed by atoms with Gasteiger partial charge in [-0.05, 0) is 78.6 Å². The highest BCUT2D eigenvalue weighted by molar-refractivity contribution is 5.40. The molecule has 0 bridgehead atoms. The first-order valence-corrected chi connectivity index (χ1v) is 13.7. The van der Waals surface area contributed by atoms with Crippen molar-refractivity contribution in [2.24, 2.45) is 7.05 Å². The smallest absolute Gasteiger partial charge is 0.329 e. The Bertz CT molecular complexity index is 1350. The van der Waals surface area contributed by atoms with E-state index in [4.69, 9.17) is 4.98 Å². The van der Waals surface area contributed by atoms with E-state index in [2.05, 4.69) is 34.2 Å². The zero-order valence-corrected chi connectivity index (χ0v) is 23.4. The van der Waals surface area contributed by atoms with Crippen LogP contribution in [0, 0.1) is 6.92 Å². The van der Waals surface area contributed by atoms with Crippen molar-refractivity contribution < 1.29 is 26.3 Å². The Morgan fingerprint density at radius 1 is 0.878 bits per heavy atom. The Labute approximate surface area is 234 Å². The van der Waals surface area contributed by atoms with Crippen LogP contribution in [0.1, 0.15) is 84.7 Å². The number of halogens is 6. The highest BCUT2D eigenvalue weighted by Crippen LogP contribution is 2.39. The Balaban J connectivity index is 1.54. The summed E-state index contributed by atoms with van der Waals surface area (Å²) in [6, 6.07) is 4.68. The van der Waals surface area contributed by atoms with E-state index in [0.29, 0.717) is 18.6 Å². The summed E-state index contributed by atoms with van der Waals surface area (Å²) < 4.78 is 81.5. The molecule has 0 radical (unpaired) electrons. The molecule has 3 aromatic rings. The minimum Gasteiger partial charge on any atom is -0.329 e. The zero-order chi connectivity index (χ0) is 29.7. The number of aromatic nitrogens is 5. The quantitative estimate of drug-likeness (QED) is 0.258. The number of tetrazole rings is 1. The summed E-state index contributed by atoms with van der Waals surface area (Å²) in [7, 11) is 1.54. The monoisotopic (exact) mass is 581 g/mol. The second-order valence-corrected chi connectivity index (χ2v) is 11.4. The number of alkyl halides is 6. The number of hydrogen-bond donors (Lipinski definition) is 0. The number of pyridine rings is 1. The Hall–Kier alpha value is -3.22. The lowest BCUT2D eigenvalue weighted by Gasteiger charge is -2.27. The number of rotatable bonds is 10. The summed E-state index contributed by atoms with van der Waals surface area (Å²) in [6.45, 7) is 6.57. The minimum atomic E-state index is -4.94. The molecule has 0 spiro atoms. The van der Waals surface area contributed by atoms with Gasteiger partial charge in [0.2, 0.25) is 0 Å². The first-order valence-electron chi connectivity index (χ1n) is 13.7. The normalized spacial score (nSPS) is 16.2. The Morgan fingerprint density at radius 2 is 1.46 bits per heavy atom. The summed E-state index contributed by atoms with van der Waals surface area (Å²) in [6.07, 6.45) is -5.32. The van der Waals surface area contributed by atoms with Gasteiger partial charge in [-0.2, -0.15) is 31.1 Å². The van der Waals surface area contributed by atoms with Crippen LogP contribution in [0.4, 0.5) is 32.3 Å². The number of aryl methyl sites for hydroxylation is 2. The molecule has 5 rings (SSSR count). The fourth-order valence-corrected chi connectivity index (χ4v) is 5.26. The van der Waals surface area contributed by atoms with Crippen molar-refractivity contribution in [2.75, 3.05) is 4.90 Å². The third-order valence-corrected chi connectivity index (χ3v) is 7.49. The third kappa shape index (κ3) is 6.99. The Kier molecular flexibility index (Phi) is 7.77. The maximum Gasteiger partial charge on any atom is 0.416 e. The summed E-state index contributed by atoms with van der Waals surface area (Å²) in [4.78, 5) is 10.3. The zero-order valence-electron chi connectivity index (χ0n) is 23.4. The van der Waals surface area contributed by atoms with Crippen LogP contribution in [0.25, 0.3) is 0 Å². The van der Waals surface area contributed by atoms with E-state index >= 15 is 0 Å². The van der Waals surface area contributed by atoms with E-state index in [0.717, 1.165) is 60.3 Å². The summed E-state index contributed by atoms with van der Waals surface area (Å²) in [5.41, 5.74) is 0.723. The molecule has 1 aromatic carbocycles. The van der Waals surface area contributed by atoms with E-state index in [9.17, 15) is 26.3 Å². The Morgan fingerprint density at radius 3 is 1.93 bits per heavy atom. The fourth-order valence-electron chi connectivity index (χ4n) is 5.26. The number of anilines is 1. The highest BCUT2D eigenvalue weighted by atomic mass is 19.4. The minimum absolute atomic E-state index is 0.0938. The molecule has 2 aliphatic rings. The van der Waals surface area contributed by atoms with Gasteiger partial charge in [0.15, 0.2) is 0 Å². The number of hydrogen-bond acceptors (Lipinski definition) is 6. The number of nitrogens with zero attached hydrogens (tertiary/aromatic N) is 7. The van der Waals surface area contributed by atoms with Crippen LogP contribution >= 0.6 is 0 Å². The molecule has 0 aliphatic heterocycles. The van der Waals surface area contributed by atoms with Gasteiger partial charge < -0.3 is 4.90 Å². The molecule has 0 N–H and O–H groups in total. The van der Waals surface area contributed by atoms with Crippen molar-refractivity contribution in [3.05, 3.63) is 63.5 Å². The second-order valence-electron chi connectivity index (χ2n) is 11.4.